The molecule has 0 atom stereocenters. The van der Waals surface area contributed by atoms with Gasteiger partial charge in [0, 0.05) is 39.3 Å². The Kier molecular flexibility index (Phi) is 3.51. The molecule has 2 aromatic rings. The molecular weight excluding hydrogens is 299 g/mol. The number of aromatic amines is 1. The highest BCUT2D eigenvalue weighted by atomic mass is 19.4. The van der Waals surface area contributed by atoms with Gasteiger partial charge in [0.15, 0.2) is 0 Å². The number of aromatic nitrogens is 4. The van der Waals surface area contributed by atoms with E-state index in [1.54, 1.807) is 6.33 Å². The average Bonchev–Trinajstić information content (AvgIpc) is 2.83. The predicted octanol–water partition coefficient (Wildman–Crippen LogP) is 1.08. The minimum absolute atomic E-state index is 0.230. The molecule has 1 aliphatic rings. The predicted molar refractivity (Wildman–Crippen MR) is 70.9 cm³/mol. The highest BCUT2D eigenvalue weighted by Crippen LogP contribution is 2.26. The van der Waals surface area contributed by atoms with Gasteiger partial charge in [-0.3, -0.25) is 9.69 Å². The molecule has 3 heterocycles. The number of hydrogen-bond acceptors (Lipinski definition) is 4. The van der Waals surface area contributed by atoms with E-state index in [1.807, 2.05) is 27.7 Å². The number of nitrogens with one attached hydrogen (secondary N) is 1. The maximum atomic E-state index is 12.7. The summed E-state index contributed by atoms with van der Waals surface area (Å²) in [5.74, 6) is -1.23. The van der Waals surface area contributed by atoms with Crippen molar-refractivity contribution in [2.75, 3.05) is 6.54 Å². The van der Waals surface area contributed by atoms with Crippen molar-refractivity contribution in [3.8, 4) is 0 Å². The maximum absolute atomic E-state index is 12.7. The number of H-pyrrole nitrogens is 1. The summed E-state index contributed by atoms with van der Waals surface area (Å²) < 4.78 is 39.8. The van der Waals surface area contributed by atoms with Crippen LogP contribution in [0.5, 0.6) is 0 Å². The van der Waals surface area contributed by atoms with Gasteiger partial charge in [0.25, 0.3) is 5.56 Å². The van der Waals surface area contributed by atoms with E-state index in [4.69, 9.17) is 0 Å². The summed E-state index contributed by atoms with van der Waals surface area (Å²) >= 11 is 0. The summed E-state index contributed by atoms with van der Waals surface area (Å²) in [5, 5.41) is 0. The minimum Gasteiger partial charge on any atom is -0.340 e. The van der Waals surface area contributed by atoms with Gasteiger partial charge in [-0.15, -0.1) is 0 Å². The van der Waals surface area contributed by atoms with Gasteiger partial charge >= 0.3 is 6.18 Å². The number of halogens is 3. The monoisotopic (exact) mass is 313 g/mol. The summed E-state index contributed by atoms with van der Waals surface area (Å²) in [6, 6.07) is 0. The van der Waals surface area contributed by atoms with Crippen molar-refractivity contribution in [3.63, 3.8) is 0 Å². The number of alkyl halides is 3. The third-order valence-corrected chi connectivity index (χ3v) is 3.56. The van der Waals surface area contributed by atoms with Gasteiger partial charge in [-0.05, 0) is 0 Å². The zero-order valence-electron chi connectivity index (χ0n) is 11.8. The number of nitrogens with zero attached hydrogens (tertiary/aromatic N) is 4. The topological polar surface area (TPSA) is 66.8 Å². The largest absolute Gasteiger partial charge is 0.449 e. The highest BCUT2D eigenvalue weighted by molar-refractivity contribution is 5.21. The van der Waals surface area contributed by atoms with Gasteiger partial charge in [-0.1, -0.05) is 0 Å². The van der Waals surface area contributed by atoms with E-state index < -0.39 is 17.6 Å². The molecule has 0 radical (unpaired) electrons. The van der Waals surface area contributed by atoms with Crippen LogP contribution in [0.25, 0.3) is 0 Å². The molecule has 0 aliphatic carbocycles. The first-order valence-electron chi connectivity index (χ1n) is 6.71. The van der Waals surface area contributed by atoms with Crippen LogP contribution in [0.3, 0.4) is 0 Å². The lowest BCUT2D eigenvalue weighted by molar-refractivity contribution is -0.145. The van der Waals surface area contributed by atoms with Gasteiger partial charge in [-0.2, -0.15) is 13.2 Å². The zero-order chi connectivity index (χ0) is 15.9. The van der Waals surface area contributed by atoms with Crippen LogP contribution in [0.4, 0.5) is 13.2 Å². The molecular formula is C13H14F3N5O. The van der Waals surface area contributed by atoms with Crippen LogP contribution in [-0.2, 0) is 32.7 Å². The number of imidazole rings is 1. The second-order valence-corrected chi connectivity index (χ2v) is 5.33. The number of hydrogen-bond donors (Lipinski definition) is 1. The first-order chi connectivity index (χ1) is 10.3. The molecule has 0 amide bonds. The second kappa shape index (κ2) is 5.24. The molecule has 0 aromatic carbocycles. The molecule has 0 bridgehead atoms. The van der Waals surface area contributed by atoms with E-state index in [0.29, 0.717) is 25.1 Å². The normalized spacial score (nSPS) is 15.8. The van der Waals surface area contributed by atoms with Gasteiger partial charge < -0.3 is 9.55 Å². The summed E-state index contributed by atoms with van der Waals surface area (Å²) in [4.78, 5) is 23.5. The minimum atomic E-state index is -4.64. The van der Waals surface area contributed by atoms with Crippen molar-refractivity contribution < 1.29 is 13.2 Å². The smallest absolute Gasteiger partial charge is 0.340 e. The lowest BCUT2D eigenvalue weighted by atomic mass is 10.1. The average molecular weight is 313 g/mol. The lowest BCUT2D eigenvalue weighted by Crippen LogP contribution is -2.36. The Bertz CT molecular complexity index is 749. The van der Waals surface area contributed by atoms with E-state index in [0.717, 1.165) is 5.69 Å². The van der Waals surface area contributed by atoms with E-state index in [1.165, 1.54) is 0 Å². The quantitative estimate of drug-likeness (QED) is 0.901. The Balaban J connectivity index is 1.83. The zero-order valence-corrected chi connectivity index (χ0v) is 11.8. The fraction of sp³-hybridized carbons (Fsp3) is 0.462. The number of rotatable bonds is 2. The molecule has 1 aliphatic heterocycles. The molecule has 1 N–H and O–H groups in total. The molecule has 9 heteroatoms. The van der Waals surface area contributed by atoms with Gasteiger partial charge in [0.2, 0.25) is 5.82 Å². The molecule has 6 nitrogen and oxygen atoms in total. The Morgan fingerprint density at radius 2 is 2.18 bits per heavy atom. The lowest BCUT2D eigenvalue weighted by Gasteiger charge is -2.27. The van der Waals surface area contributed by atoms with Crippen molar-refractivity contribution in [3.05, 3.63) is 45.7 Å². The molecule has 2 aromatic heterocycles. The van der Waals surface area contributed by atoms with Crippen LogP contribution in [0.1, 0.15) is 22.8 Å². The summed E-state index contributed by atoms with van der Waals surface area (Å²) in [7, 11) is 1.86. The Morgan fingerprint density at radius 3 is 2.82 bits per heavy atom. The molecule has 22 heavy (non-hydrogen) atoms. The summed E-state index contributed by atoms with van der Waals surface area (Å²) in [5.41, 5.74) is 0.661. The molecule has 0 saturated carbocycles. The van der Waals surface area contributed by atoms with Gasteiger partial charge in [0.05, 0.1) is 23.3 Å². The van der Waals surface area contributed by atoms with Gasteiger partial charge in [0.1, 0.15) is 0 Å². The maximum Gasteiger partial charge on any atom is 0.449 e. The third-order valence-electron chi connectivity index (χ3n) is 3.56. The van der Waals surface area contributed by atoms with Crippen LogP contribution in [0.2, 0.25) is 0 Å². The van der Waals surface area contributed by atoms with Crippen molar-refractivity contribution in [2.24, 2.45) is 7.05 Å². The first-order valence-corrected chi connectivity index (χ1v) is 6.71. The third kappa shape index (κ3) is 2.89. The molecule has 3 rings (SSSR count). The fourth-order valence-corrected chi connectivity index (χ4v) is 2.53. The molecule has 0 unspecified atom stereocenters. The van der Waals surface area contributed by atoms with Crippen LogP contribution >= 0.6 is 0 Å². The van der Waals surface area contributed by atoms with Crippen molar-refractivity contribution in [1.82, 2.24) is 24.4 Å². The number of fused-ring (bicyclic) bond motifs is 1. The molecule has 0 spiro atoms. The van der Waals surface area contributed by atoms with Crippen LogP contribution in [0, 0.1) is 0 Å². The van der Waals surface area contributed by atoms with Crippen molar-refractivity contribution in [2.45, 2.75) is 25.7 Å². The van der Waals surface area contributed by atoms with Crippen LogP contribution < -0.4 is 5.56 Å². The van der Waals surface area contributed by atoms with E-state index >= 15 is 0 Å². The second-order valence-electron chi connectivity index (χ2n) is 5.33. The van der Waals surface area contributed by atoms with E-state index in [-0.39, 0.29) is 12.2 Å². The van der Waals surface area contributed by atoms with E-state index in [9.17, 15) is 18.0 Å². The van der Waals surface area contributed by atoms with Crippen LogP contribution in [0.15, 0.2) is 17.3 Å². The molecule has 0 saturated heterocycles. The summed E-state index contributed by atoms with van der Waals surface area (Å²) in [6.45, 7) is 1.35. The standard InChI is InChI=1S/C13H14F3N5O/c1-20-4-8(17-7-20)5-21-3-2-10-9(6-21)11(22)19-12(18-10)13(14,15)16/h4,7H,2-3,5-6H2,1H3,(H,18,19,22). The number of aryl methyl sites for hydroxylation is 1. The fourth-order valence-electron chi connectivity index (χ4n) is 2.53. The van der Waals surface area contributed by atoms with Crippen LogP contribution in [-0.4, -0.2) is 31.0 Å². The first kappa shape index (κ1) is 14.8. The molecule has 118 valence electrons. The van der Waals surface area contributed by atoms with Gasteiger partial charge in [-0.25, -0.2) is 9.97 Å². The Labute approximate surface area is 123 Å². The van der Waals surface area contributed by atoms with Crippen molar-refractivity contribution in [1.29, 1.82) is 0 Å². The Hall–Kier alpha value is -2.16. The van der Waals surface area contributed by atoms with E-state index in [2.05, 4.69) is 9.97 Å². The van der Waals surface area contributed by atoms with Crippen molar-refractivity contribution >= 4 is 0 Å². The highest BCUT2D eigenvalue weighted by Gasteiger charge is 2.35. The SMILES string of the molecule is Cn1cnc(CN2CCc3nc(C(F)(F)F)[nH]c(=O)c3C2)c1. The summed E-state index contributed by atoms with van der Waals surface area (Å²) in [6.07, 6.45) is -0.781. The Morgan fingerprint density at radius 1 is 1.41 bits per heavy atom. The molecule has 0 fully saturated rings.